The van der Waals surface area contributed by atoms with Crippen LogP contribution in [0.15, 0.2) is 12.4 Å². The Morgan fingerprint density at radius 3 is 3.07 bits per heavy atom. The second kappa shape index (κ2) is 6.19. The summed E-state index contributed by atoms with van der Waals surface area (Å²) in [7, 11) is 1.65. The molecule has 0 atom stereocenters. The van der Waals surface area contributed by atoms with Crippen LogP contribution in [0.5, 0.6) is 0 Å². The van der Waals surface area contributed by atoms with Gasteiger partial charge in [-0.3, -0.25) is 9.48 Å². The predicted molar refractivity (Wildman–Crippen MR) is 56.7 cm³/mol. The van der Waals surface area contributed by atoms with Gasteiger partial charge in [-0.25, -0.2) is 0 Å². The van der Waals surface area contributed by atoms with Gasteiger partial charge in [-0.15, -0.1) is 0 Å². The molecule has 1 aromatic rings. The van der Waals surface area contributed by atoms with Gasteiger partial charge in [0.1, 0.15) is 0 Å². The highest BCUT2D eigenvalue weighted by molar-refractivity contribution is 5.93. The van der Waals surface area contributed by atoms with E-state index in [2.05, 4.69) is 10.4 Å². The summed E-state index contributed by atoms with van der Waals surface area (Å²) >= 11 is 0. The lowest BCUT2D eigenvalue weighted by Crippen LogP contribution is -2.24. The summed E-state index contributed by atoms with van der Waals surface area (Å²) in [5, 5.41) is 6.83. The molecular formula is C10H17N3O2. The number of hydrogen-bond acceptors (Lipinski definition) is 3. The van der Waals surface area contributed by atoms with Crippen molar-refractivity contribution in [3.8, 4) is 0 Å². The van der Waals surface area contributed by atoms with Crippen LogP contribution in [0.3, 0.4) is 0 Å². The number of ether oxygens (including phenoxy) is 1. The molecule has 0 unspecified atom stereocenters. The summed E-state index contributed by atoms with van der Waals surface area (Å²) in [6, 6.07) is 0. The fraction of sp³-hybridized carbons (Fsp3) is 0.600. The van der Waals surface area contributed by atoms with Gasteiger partial charge in [0, 0.05) is 33.0 Å². The Morgan fingerprint density at radius 2 is 2.47 bits per heavy atom. The molecule has 0 aliphatic rings. The fourth-order valence-electron chi connectivity index (χ4n) is 1.17. The van der Waals surface area contributed by atoms with Crippen molar-refractivity contribution >= 4 is 5.91 Å². The lowest BCUT2D eigenvalue weighted by Gasteiger charge is -2.02. The molecule has 15 heavy (non-hydrogen) atoms. The van der Waals surface area contributed by atoms with Crippen LogP contribution in [0, 0.1) is 0 Å². The molecule has 84 valence electrons. The minimum atomic E-state index is -0.0780. The van der Waals surface area contributed by atoms with Crippen LogP contribution in [0.25, 0.3) is 0 Å². The molecule has 1 N–H and O–H groups in total. The van der Waals surface area contributed by atoms with Gasteiger partial charge in [0.15, 0.2) is 0 Å². The second-order valence-corrected chi connectivity index (χ2v) is 3.19. The normalized spacial score (nSPS) is 10.3. The first-order valence-corrected chi connectivity index (χ1v) is 5.07. The van der Waals surface area contributed by atoms with Crippen molar-refractivity contribution in [3.63, 3.8) is 0 Å². The average Bonchev–Trinajstić information content (AvgIpc) is 2.72. The predicted octanol–water partition coefficient (Wildman–Crippen LogP) is 0.669. The largest absolute Gasteiger partial charge is 0.385 e. The topological polar surface area (TPSA) is 56.2 Å². The maximum atomic E-state index is 11.5. The van der Waals surface area contributed by atoms with Crippen molar-refractivity contribution in [2.45, 2.75) is 19.9 Å². The molecule has 0 spiro atoms. The van der Waals surface area contributed by atoms with Crippen LogP contribution in [0.1, 0.15) is 23.7 Å². The van der Waals surface area contributed by atoms with Gasteiger partial charge in [0.25, 0.3) is 5.91 Å². The lowest BCUT2D eigenvalue weighted by atomic mass is 10.3. The van der Waals surface area contributed by atoms with Crippen LogP contribution >= 0.6 is 0 Å². The highest BCUT2D eigenvalue weighted by atomic mass is 16.5. The number of carbonyl (C=O) groups excluding carboxylic acids is 1. The lowest BCUT2D eigenvalue weighted by molar-refractivity contribution is 0.0948. The smallest absolute Gasteiger partial charge is 0.254 e. The van der Waals surface area contributed by atoms with Gasteiger partial charge in [0.05, 0.1) is 11.8 Å². The third-order valence-electron chi connectivity index (χ3n) is 2.03. The zero-order valence-corrected chi connectivity index (χ0v) is 9.19. The minimum Gasteiger partial charge on any atom is -0.385 e. The number of methoxy groups -OCH3 is 1. The molecule has 0 radical (unpaired) electrons. The summed E-state index contributed by atoms with van der Waals surface area (Å²) < 4.78 is 6.61. The van der Waals surface area contributed by atoms with Crippen molar-refractivity contribution < 1.29 is 9.53 Å². The molecule has 1 heterocycles. The number of aromatic nitrogens is 2. The van der Waals surface area contributed by atoms with E-state index in [-0.39, 0.29) is 5.91 Å². The molecule has 0 saturated carbocycles. The molecule has 5 nitrogen and oxygen atoms in total. The van der Waals surface area contributed by atoms with E-state index in [0.29, 0.717) is 18.7 Å². The standard InChI is InChI=1S/C10H17N3O2/c1-3-13-8-9(7-12-13)10(14)11-5-4-6-15-2/h7-8H,3-6H2,1-2H3,(H,11,14). The van der Waals surface area contributed by atoms with E-state index in [4.69, 9.17) is 4.74 Å². The van der Waals surface area contributed by atoms with Gasteiger partial charge < -0.3 is 10.1 Å². The number of nitrogens with zero attached hydrogens (tertiary/aromatic N) is 2. The van der Waals surface area contributed by atoms with Crippen molar-refractivity contribution in [2.24, 2.45) is 0 Å². The van der Waals surface area contributed by atoms with Gasteiger partial charge in [-0.1, -0.05) is 0 Å². The average molecular weight is 211 g/mol. The Kier molecular flexibility index (Phi) is 4.83. The Morgan fingerprint density at radius 1 is 1.67 bits per heavy atom. The monoisotopic (exact) mass is 211 g/mol. The highest BCUT2D eigenvalue weighted by Gasteiger charge is 2.06. The van der Waals surface area contributed by atoms with Crippen LogP contribution < -0.4 is 5.32 Å². The summed E-state index contributed by atoms with van der Waals surface area (Å²) in [6.45, 7) is 4.04. The van der Waals surface area contributed by atoms with E-state index in [1.165, 1.54) is 0 Å². The first kappa shape index (κ1) is 11.7. The minimum absolute atomic E-state index is 0.0780. The van der Waals surface area contributed by atoms with Crippen LogP contribution in [-0.2, 0) is 11.3 Å². The van der Waals surface area contributed by atoms with Crippen LogP contribution in [0.2, 0.25) is 0 Å². The van der Waals surface area contributed by atoms with E-state index < -0.39 is 0 Å². The summed E-state index contributed by atoms with van der Waals surface area (Å²) in [5.41, 5.74) is 0.606. The molecule has 5 heteroatoms. The Balaban J connectivity index is 2.33. The molecule has 0 aliphatic heterocycles. The summed E-state index contributed by atoms with van der Waals surface area (Å²) in [6.07, 6.45) is 4.14. The van der Waals surface area contributed by atoms with Gasteiger partial charge in [-0.2, -0.15) is 5.10 Å². The van der Waals surface area contributed by atoms with Crippen LogP contribution in [-0.4, -0.2) is 35.9 Å². The van der Waals surface area contributed by atoms with Crippen molar-refractivity contribution in [3.05, 3.63) is 18.0 Å². The number of aryl methyl sites for hydroxylation is 1. The molecule has 0 bridgehead atoms. The molecule has 0 saturated heterocycles. The molecule has 0 aliphatic carbocycles. The van der Waals surface area contributed by atoms with Crippen molar-refractivity contribution in [2.75, 3.05) is 20.3 Å². The maximum Gasteiger partial charge on any atom is 0.254 e. The number of nitrogens with one attached hydrogen (secondary N) is 1. The van der Waals surface area contributed by atoms with Crippen molar-refractivity contribution in [1.29, 1.82) is 0 Å². The van der Waals surface area contributed by atoms with E-state index in [0.717, 1.165) is 13.0 Å². The Labute approximate surface area is 89.4 Å². The molecular weight excluding hydrogens is 194 g/mol. The van der Waals surface area contributed by atoms with E-state index in [1.54, 1.807) is 24.2 Å². The maximum absolute atomic E-state index is 11.5. The first-order chi connectivity index (χ1) is 7.27. The van der Waals surface area contributed by atoms with Gasteiger partial charge in [-0.05, 0) is 13.3 Å². The third-order valence-corrected chi connectivity index (χ3v) is 2.03. The van der Waals surface area contributed by atoms with Gasteiger partial charge in [0.2, 0.25) is 0 Å². The fourth-order valence-corrected chi connectivity index (χ4v) is 1.17. The number of amides is 1. The first-order valence-electron chi connectivity index (χ1n) is 5.07. The highest BCUT2D eigenvalue weighted by Crippen LogP contribution is 1.97. The Hall–Kier alpha value is -1.36. The summed E-state index contributed by atoms with van der Waals surface area (Å²) in [5.74, 6) is -0.0780. The molecule has 1 amide bonds. The zero-order chi connectivity index (χ0) is 11.1. The van der Waals surface area contributed by atoms with Crippen LogP contribution in [0.4, 0.5) is 0 Å². The second-order valence-electron chi connectivity index (χ2n) is 3.19. The number of carbonyl (C=O) groups is 1. The molecule has 1 rings (SSSR count). The molecule has 0 fully saturated rings. The SMILES string of the molecule is CCn1cc(C(=O)NCCCOC)cn1. The third kappa shape index (κ3) is 3.71. The number of rotatable bonds is 6. The quantitative estimate of drug-likeness (QED) is 0.704. The van der Waals surface area contributed by atoms with E-state index >= 15 is 0 Å². The summed E-state index contributed by atoms with van der Waals surface area (Å²) in [4.78, 5) is 11.5. The van der Waals surface area contributed by atoms with Crippen molar-refractivity contribution in [1.82, 2.24) is 15.1 Å². The zero-order valence-electron chi connectivity index (χ0n) is 9.19. The Bertz CT molecular complexity index is 309. The van der Waals surface area contributed by atoms with E-state index in [9.17, 15) is 4.79 Å². The molecule has 1 aromatic heterocycles. The van der Waals surface area contributed by atoms with E-state index in [1.807, 2.05) is 6.92 Å². The molecule has 0 aromatic carbocycles. The number of hydrogen-bond donors (Lipinski definition) is 1. The van der Waals surface area contributed by atoms with Gasteiger partial charge >= 0.3 is 0 Å².